The van der Waals surface area contributed by atoms with Crippen molar-refractivity contribution in [2.75, 3.05) is 6.61 Å². The monoisotopic (exact) mass is 356 g/mol. The fourth-order valence-electron chi connectivity index (χ4n) is 4.22. The molecule has 2 fully saturated rings. The molecule has 0 bridgehead atoms. The van der Waals surface area contributed by atoms with E-state index in [0.717, 1.165) is 6.42 Å². The Labute approximate surface area is 151 Å². The molecule has 0 aromatic carbocycles. The van der Waals surface area contributed by atoms with Crippen molar-refractivity contribution >= 4 is 11.5 Å². The molecule has 3 heterocycles. The zero-order chi connectivity index (χ0) is 18.7. The second kappa shape index (κ2) is 5.55. The summed E-state index contributed by atoms with van der Waals surface area (Å²) in [5.74, 6) is -1.49. The Morgan fingerprint density at radius 1 is 1.46 bits per heavy atom. The molecule has 0 amide bonds. The second-order valence-corrected chi connectivity index (χ2v) is 8.04. The van der Waals surface area contributed by atoms with Crippen molar-refractivity contribution in [3.8, 4) is 6.07 Å². The Kier molecular flexibility index (Phi) is 3.64. The zero-order valence-electron chi connectivity index (χ0n) is 14.9. The molecule has 1 saturated heterocycles. The van der Waals surface area contributed by atoms with Crippen molar-refractivity contribution in [2.45, 2.75) is 56.5 Å². The summed E-state index contributed by atoms with van der Waals surface area (Å²) >= 11 is 0. The van der Waals surface area contributed by atoms with Gasteiger partial charge >= 0.3 is 5.97 Å². The van der Waals surface area contributed by atoms with Gasteiger partial charge in [0.15, 0.2) is 5.82 Å². The number of pyridine rings is 1. The Morgan fingerprint density at radius 3 is 2.77 bits per heavy atom. The highest BCUT2D eigenvalue weighted by molar-refractivity contribution is 5.92. The molecule has 0 unspecified atom stereocenters. The molecule has 1 aliphatic carbocycles. The molecule has 2 aliphatic rings. The Bertz CT molecular complexity index is 950. The highest BCUT2D eigenvalue weighted by Gasteiger charge is 2.49. The van der Waals surface area contributed by atoms with Gasteiger partial charge in [-0.05, 0) is 63.1 Å². The van der Waals surface area contributed by atoms with Gasteiger partial charge in [0.1, 0.15) is 0 Å². The summed E-state index contributed by atoms with van der Waals surface area (Å²) in [6.07, 6.45) is 4.37. The lowest BCUT2D eigenvalue weighted by atomic mass is 9.83. The van der Waals surface area contributed by atoms with Gasteiger partial charge in [0.25, 0.3) is 0 Å². The Hall–Kier alpha value is -2.39. The van der Waals surface area contributed by atoms with Gasteiger partial charge in [-0.1, -0.05) is 0 Å². The van der Waals surface area contributed by atoms with Crippen LogP contribution < -0.4 is 0 Å². The molecular formula is C20H21FN2O3. The van der Waals surface area contributed by atoms with E-state index in [1.807, 2.05) is 13.8 Å². The average Bonchev–Trinajstić information content (AvgIpc) is 3.26. The molecule has 136 valence electrons. The van der Waals surface area contributed by atoms with E-state index in [0.29, 0.717) is 37.1 Å². The number of carbonyl (C=O) groups is 1. The summed E-state index contributed by atoms with van der Waals surface area (Å²) in [4.78, 5) is 11.7. The molecule has 2 aromatic heterocycles. The highest BCUT2D eigenvalue weighted by atomic mass is 19.1. The number of ether oxygens (including phenoxy) is 1. The number of hydrogen-bond donors (Lipinski definition) is 1. The van der Waals surface area contributed by atoms with Crippen LogP contribution in [0.4, 0.5) is 4.39 Å². The normalized spacial score (nSPS) is 23.5. The smallest absolute Gasteiger partial charge is 0.337 e. The fourth-order valence-corrected chi connectivity index (χ4v) is 4.22. The Morgan fingerprint density at radius 2 is 2.19 bits per heavy atom. The summed E-state index contributed by atoms with van der Waals surface area (Å²) < 4.78 is 22.6. The van der Waals surface area contributed by atoms with E-state index in [1.54, 1.807) is 16.7 Å². The first-order valence-electron chi connectivity index (χ1n) is 8.90. The van der Waals surface area contributed by atoms with Gasteiger partial charge < -0.3 is 14.2 Å². The molecular weight excluding hydrogens is 335 g/mol. The number of halogens is 1. The van der Waals surface area contributed by atoms with Crippen LogP contribution in [0.5, 0.6) is 0 Å². The van der Waals surface area contributed by atoms with E-state index in [2.05, 4.69) is 6.07 Å². The quantitative estimate of drug-likeness (QED) is 0.902. The number of carboxylic acid groups (broad SMARTS) is 1. The maximum atomic E-state index is 15.3. The maximum absolute atomic E-state index is 15.3. The van der Waals surface area contributed by atoms with Gasteiger partial charge in [-0.2, -0.15) is 5.26 Å². The largest absolute Gasteiger partial charge is 0.478 e. The van der Waals surface area contributed by atoms with Gasteiger partial charge in [0.05, 0.1) is 33.9 Å². The topological polar surface area (TPSA) is 74.7 Å². The predicted octanol–water partition coefficient (Wildman–Crippen LogP) is 4.00. The molecule has 1 saturated carbocycles. The number of fused-ring (bicyclic) bond motifs is 1. The number of nitriles is 1. The zero-order valence-corrected chi connectivity index (χ0v) is 14.9. The molecule has 0 radical (unpaired) electrons. The first-order chi connectivity index (χ1) is 12.3. The molecule has 2 aromatic rings. The van der Waals surface area contributed by atoms with E-state index in [1.165, 1.54) is 6.07 Å². The number of aromatic nitrogens is 1. The molecule has 1 aliphatic heterocycles. The summed E-state index contributed by atoms with van der Waals surface area (Å²) in [6, 6.07) is 5.33. The maximum Gasteiger partial charge on any atom is 0.337 e. The lowest BCUT2D eigenvalue weighted by Crippen LogP contribution is -2.33. The van der Waals surface area contributed by atoms with Crippen molar-refractivity contribution in [2.24, 2.45) is 0 Å². The SMILES string of the molecule is CC1(C)C[C@@H](c2ccn3c(C4(C#N)CC4)c(C(=O)O)cc3c2F)CCO1. The van der Waals surface area contributed by atoms with Gasteiger partial charge in [0, 0.05) is 12.8 Å². The van der Waals surface area contributed by atoms with E-state index in [4.69, 9.17) is 4.74 Å². The third-order valence-corrected chi connectivity index (χ3v) is 5.70. The van der Waals surface area contributed by atoms with Crippen LogP contribution in [0.1, 0.15) is 67.1 Å². The van der Waals surface area contributed by atoms with Gasteiger partial charge in [-0.3, -0.25) is 0 Å². The minimum Gasteiger partial charge on any atom is -0.478 e. The highest BCUT2D eigenvalue weighted by Crippen LogP contribution is 2.50. The molecule has 0 spiro atoms. The third kappa shape index (κ3) is 2.50. The predicted molar refractivity (Wildman–Crippen MR) is 92.8 cm³/mol. The van der Waals surface area contributed by atoms with Crippen LogP contribution in [0.2, 0.25) is 0 Å². The minimum absolute atomic E-state index is 0.0207. The summed E-state index contributed by atoms with van der Waals surface area (Å²) in [5.41, 5.74) is 0.138. The standard InChI is InChI=1S/C20H21FN2O3/c1-19(2)10-12(4-8-26-19)13-3-7-23-15(16(13)21)9-14(18(24)25)17(23)20(11-22)5-6-20/h3,7,9,12H,4-6,8,10H2,1-2H3,(H,24,25)/t12-/m0/s1. The van der Waals surface area contributed by atoms with Crippen molar-refractivity contribution < 1.29 is 19.0 Å². The van der Waals surface area contributed by atoms with Crippen molar-refractivity contribution in [3.63, 3.8) is 0 Å². The molecule has 1 N–H and O–H groups in total. The van der Waals surface area contributed by atoms with Crippen LogP contribution in [-0.2, 0) is 10.2 Å². The summed E-state index contributed by atoms with van der Waals surface area (Å²) in [6.45, 7) is 4.57. The third-order valence-electron chi connectivity index (χ3n) is 5.70. The van der Waals surface area contributed by atoms with Crippen LogP contribution in [-0.4, -0.2) is 27.7 Å². The number of carboxylic acids is 1. The summed E-state index contributed by atoms with van der Waals surface area (Å²) in [7, 11) is 0. The molecule has 26 heavy (non-hydrogen) atoms. The van der Waals surface area contributed by atoms with Crippen molar-refractivity contribution in [1.82, 2.24) is 4.40 Å². The van der Waals surface area contributed by atoms with Gasteiger partial charge in [-0.25, -0.2) is 9.18 Å². The van der Waals surface area contributed by atoms with Crippen LogP contribution >= 0.6 is 0 Å². The van der Waals surface area contributed by atoms with Gasteiger partial charge in [0.2, 0.25) is 0 Å². The molecule has 4 rings (SSSR count). The molecule has 1 atom stereocenters. The number of hydrogen-bond acceptors (Lipinski definition) is 3. The lowest BCUT2D eigenvalue weighted by molar-refractivity contribution is -0.0596. The van der Waals surface area contributed by atoms with E-state index >= 15 is 4.39 Å². The minimum atomic E-state index is -1.13. The molecule has 5 nitrogen and oxygen atoms in total. The fraction of sp³-hybridized carbons (Fsp3) is 0.500. The molecule has 6 heteroatoms. The van der Waals surface area contributed by atoms with Crippen LogP contribution in [0.25, 0.3) is 5.52 Å². The van der Waals surface area contributed by atoms with Gasteiger partial charge in [-0.15, -0.1) is 0 Å². The van der Waals surface area contributed by atoms with Crippen LogP contribution in [0, 0.1) is 17.1 Å². The van der Waals surface area contributed by atoms with E-state index in [9.17, 15) is 15.2 Å². The lowest BCUT2D eigenvalue weighted by Gasteiger charge is -2.35. The van der Waals surface area contributed by atoms with E-state index < -0.39 is 17.2 Å². The second-order valence-electron chi connectivity index (χ2n) is 8.04. The van der Waals surface area contributed by atoms with Crippen LogP contribution in [0.15, 0.2) is 18.3 Å². The number of aromatic carboxylic acids is 1. The van der Waals surface area contributed by atoms with Crippen LogP contribution in [0.3, 0.4) is 0 Å². The summed E-state index contributed by atoms with van der Waals surface area (Å²) in [5, 5.41) is 19.1. The number of rotatable bonds is 3. The first kappa shape index (κ1) is 17.0. The van der Waals surface area contributed by atoms with Crippen molar-refractivity contribution in [1.29, 1.82) is 5.26 Å². The number of nitrogens with zero attached hydrogens (tertiary/aromatic N) is 2. The average molecular weight is 356 g/mol. The van der Waals surface area contributed by atoms with E-state index in [-0.39, 0.29) is 22.6 Å². The Balaban J connectivity index is 1.87. The van der Waals surface area contributed by atoms with Crippen molar-refractivity contribution in [3.05, 3.63) is 41.0 Å². The first-order valence-corrected chi connectivity index (χ1v) is 8.90.